The van der Waals surface area contributed by atoms with Crippen LogP contribution in [0.5, 0.6) is 0 Å². The Morgan fingerprint density at radius 3 is 3.05 bits per heavy atom. The van der Waals surface area contributed by atoms with Gasteiger partial charge in [0.2, 0.25) is 5.95 Å². The number of nitrogens with one attached hydrogen (secondary N) is 1. The second-order valence-corrected chi connectivity index (χ2v) is 5.74. The van der Waals surface area contributed by atoms with Gasteiger partial charge in [0.25, 0.3) is 0 Å². The Balaban J connectivity index is 2.18. The summed E-state index contributed by atoms with van der Waals surface area (Å²) in [7, 11) is 1.78. The SMILES string of the molecule is CCNc1ncc(Br)c(N2CCC(C)C(OC)C2)n1. The molecule has 0 radical (unpaired) electrons. The van der Waals surface area contributed by atoms with Crippen LogP contribution in [-0.2, 0) is 4.74 Å². The van der Waals surface area contributed by atoms with Crippen LogP contribution in [0.2, 0.25) is 0 Å². The number of nitrogens with zero attached hydrogens (tertiary/aromatic N) is 3. The second kappa shape index (κ2) is 6.52. The van der Waals surface area contributed by atoms with Crippen LogP contribution in [0, 0.1) is 5.92 Å². The maximum Gasteiger partial charge on any atom is 0.224 e. The molecule has 2 unspecified atom stereocenters. The maximum absolute atomic E-state index is 5.56. The van der Waals surface area contributed by atoms with Crippen molar-refractivity contribution >= 4 is 27.7 Å². The fourth-order valence-electron chi connectivity index (χ4n) is 2.36. The lowest BCUT2D eigenvalue weighted by molar-refractivity contribution is 0.0496. The van der Waals surface area contributed by atoms with E-state index in [2.05, 4.69) is 43.0 Å². The summed E-state index contributed by atoms with van der Waals surface area (Å²) in [5, 5.41) is 3.15. The maximum atomic E-state index is 5.56. The van der Waals surface area contributed by atoms with E-state index in [4.69, 9.17) is 4.74 Å². The van der Waals surface area contributed by atoms with Gasteiger partial charge in [-0.1, -0.05) is 6.92 Å². The molecule has 1 aliphatic rings. The van der Waals surface area contributed by atoms with Gasteiger partial charge in [0, 0.05) is 32.9 Å². The highest BCUT2D eigenvalue weighted by Gasteiger charge is 2.27. The number of hydrogen-bond donors (Lipinski definition) is 1. The first-order valence-electron chi connectivity index (χ1n) is 6.69. The lowest BCUT2D eigenvalue weighted by Crippen LogP contribution is -2.44. The molecule has 1 fully saturated rings. The minimum Gasteiger partial charge on any atom is -0.379 e. The number of piperidine rings is 1. The summed E-state index contributed by atoms with van der Waals surface area (Å²) in [5.74, 6) is 2.21. The first kappa shape index (κ1) is 14.5. The molecule has 1 aromatic rings. The van der Waals surface area contributed by atoms with Crippen molar-refractivity contribution in [3.05, 3.63) is 10.7 Å². The van der Waals surface area contributed by atoms with E-state index in [1.54, 1.807) is 13.3 Å². The zero-order valence-corrected chi connectivity index (χ0v) is 13.3. The van der Waals surface area contributed by atoms with Crippen LogP contribution in [-0.4, -0.2) is 42.8 Å². The van der Waals surface area contributed by atoms with Crippen LogP contribution in [0.4, 0.5) is 11.8 Å². The van der Waals surface area contributed by atoms with Crippen LogP contribution in [0.3, 0.4) is 0 Å². The van der Waals surface area contributed by atoms with E-state index < -0.39 is 0 Å². The normalized spacial score (nSPS) is 23.5. The summed E-state index contributed by atoms with van der Waals surface area (Å²) < 4.78 is 6.49. The van der Waals surface area contributed by atoms with Gasteiger partial charge in [-0.05, 0) is 35.2 Å². The van der Waals surface area contributed by atoms with Gasteiger partial charge in [-0.25, -0.2) is 4.98 Å². The van der Waals surface area contributed by atoms with E-state index in [9.17, 15) is 0 Å². The van der Waals surface area contributed by atoms with Crippen molar-refractivity contribution < 1.29 is 4.74 Å². The van der Waals surface area contributed by atoms with Gasteiger partial charge < -0.3 is 15.0 Å². The number of aromatic nitrogens is 2. The predicted octanol–water partition coefficient (Wildman–Crippen LogP) is 2.53. The van der Waals surface area contributed by atoms with Crippen molar-refractivity contribution in [2.45, 2.75) is 26.4 Å². The van der Waals surface area contributed by atoms with E-state index in [0.29, 0.717) is 11.9 Å². The molecule has 5 nitrogen and oxygen atoms in total. The molecule has 6 heteroatoms. The molecule has 1 aliphatic heterocycles. The number of ether oxygens (including phenoxy) is 1. The Morgan fingerprint density at radius 1 is 1.58 bits per heavy atom. The van der Waals surface area contributed by atoms with Gasteiger partial charge in [0.15, 0.2) is 0 Å². The van der Waals surface area contributed by atoms with E-state index in [1.165, 1.54) is 0 Å². The number of hydrogen-bond acceptors (Lipinski definition) is 5. The van der Waals surface area contributed by atoms with E-state index in [1.807, 2.05) is 6.92 Å². The summed E-state index contributed by atoms with van der Waals surface area (Å²) in [6, 6.07) is 0. The summed E-state index contributed by atoms with van der Waals surface area (Å²) in [6.45, 7) is 6.97. The standard InChI is InChI=1S/C13H21BrN4O/c1-4-15-13-16-7-10(14)12(17-13)18-6-5-9(2)11(8-18)19-3/h7,9,11H,4-6,8H2,1-3H3,(H,15,16,17). The van der Waals surface area contributed by atoms with Crippen LogP contribution >= 0.6 is 15.9 Å². The third-order valence-electron chi connectivity index (χ3n) is 3.55. The molecule has 1 N–H and O–H groups in total. The van der Waals surface area contributed by atoms with Crippen molar-refractivity contribution in [1.82, 2.24) is 9.97 Å². The smallest absolute Gasteiger partial charge is 0.224 e. The van der Waals surface area contributed by atoms with E-state index >= 15 is 0 Å². The summed E-state index contributed by atoms with van der Waals surface area (Å²) in [4.78, 5) is 11.1. The van der Waals surface area contributed by atoms with Gasteiger partial charge in [-0.2, -0.15) is 4.98 Å². The Labute approximate surface area is 122 Å². The predicted molar refractivity (Wildman–Crippen MR) is 80.7 cm³/mol. The zero-order valence-electron chi connectivity index (χ0n) is 11.7. The molecule has 2 heterocycles. The highest BCUT2D eigenvalue weighted by Crippen LogP contribution is 2.29. The van der Waals surface area contributed by atoms with Gasteiger partial charge in [0.05, 0.1) is 10.6 Å². The molecular formula is C13H21BrN4O. The van der Waals surface area contributed by atoms with Crippen LogP contribution in [0.1, 0.15) is 20.3 Å². The van der Waals surface area contributed by atoms with Gasteiger partial charge >= 0.3 is 0 Å². The fraction of sp³-hybridized carbons (Fsp3) is 0.692. The van der Waals surface area contributed by atoms with Gasteiger partial charge in [-0.15, -0.1) is 0 Å². The molecule has 2 rings (SSSR count). The Kier molecular flexibility index (Phi) is 4.99. The van der Waals surface area contributed by atoms with Crippen LogP contribution in [0.15, 0.2) is 10.7 Å². The molecule has 0 aromatic carbocycles. The molecule has 2 atom stereocenters. The molecule has 0 aliphatic carbocycles. The highest BCUT2D eigenvalue weighted by atomic mass is 79.9. The summed E-state index contributed by atoms with van der Waals surface area (Å²) in [6.07, 6.45) is 3.18. The molecule has 1 aromatic heterocycles. The van der Waals surface area contributed by atoms with Crippen molar-refractivity contribution in [3.8, 4) is 0 Å². The fourth-order valence-corrected chi connectivity index (χ4v) is 2.80. The first-order chi connectivity index (χ1) is 9.15. The molecule has 0 amide bonds. The van der Waals surface area contributed by atoms with Crippen LogP contribution < -0.4 is 10.2 Å². The molecule has 0 bridgehead atoms. The second-order valence-electron chi connectivity index (χ2n) is 4.88. The van der Waals surface area contributed by atoms with Gasteiger partial charge in [0.1, 0.15) is 5.82 Å². The molecule has 1 saturated heterocycles. The number of methoxy groups -OCH3 is 1. The molecule has 19 heavy (non-hydrogen) atoms. The number of anilines is 2. The monoisotopic (exact) mass is 328 g/mol. The van der Waals surface area contributed by atoms with Crippen molar-refractivity contribution in [3.63, 3.8) is 0 Å². The summed E-state index contributed by atoms with van der Waals surface area (Å²) >= 11 is 3.54. The molecule has 0 spiro atoms. The molecule has 0 saturated carbocycles. The average Bonchev–Trinajstić information content (AvgIpc) is 2.42. The summed E-state index contributed by atoms with van der Waals surface area (Å²) in [5.41, 5.74) is 0. The zero-order chi connectivity index (χ0) is 13.8. The average molecular weight is 329 g/mol. The van der Waals surface area contributed by atoms with E-state index in [0.717, 1.165) is 36.3 Å². The van der Waals surface area contributed by atoms with Crippen molar-refractivity contribution in [1.29, 1.82) is 0 Å². The van der Waals surface area contributed by atoms with Crippen molar-refractivity contribution in [2.24, 2.45) is 5.92 Å². The number of rotatable bonds is 4. The quantitative estimate of drug-likeness (QED) is 0.920. The van der Waals surface area contributed by atoms with Crippen LogP contribution in [0.25, 0.3) is 0 Å². The minimum atomic E-state index is 0.262. The van der Waals surface area contributed by atoms with E-state index in [-0.39, 0.29) is 6.10 Å². The Hall–Kier alpha value is -0.880. The number of halogens is 1. The lowest BCUT2D eigenvalue weighted by Gasteiger charge is -2.37. The lowest BCUT2D eigenvalue weighted by atomic mass is 9.96. The van der Waals surface area contributed by atoms with Crippen molar-refractivity contribution in [2.75, 3.05) is 37.0 Å². The van der Waals surface area contributed by atoms with Gasteiger partial charge in [-0.3, -0.25) is 0 Å². The third-order valence-corrected chi connectivity index (χ3v) is 4.11. The Morgan fingerprint density at radius 2 is 2.37 bits per heavy atom. The Bertz CT molecular complexity index is 429. The topological polar surface area (TPSA) is 50.3 Å². The largest absolute Gasteiger partial charge is 0.379 e. The molecular weight excluding hydrogens is 308 g/mol. The first-order valence-corrected chi connectivity index (χ1v) is 7.49. The highest BCUT2D eigenvalue weighted by molar-refractivity contribution is 9.10. The molecule has 106 valence electrons. The third kappa shape index (κ3) is 3.36. The minimum absolute atomic E-state index is 0.262.